The molecule has 2 heterocycles. The first kappa shape index (κ1) is 12.2. The highest BCUT2D eigenvalue weighted by Gasteiger charge is 2.47. The largest absolute Gasteiger partial charge is 0.317 e. The van der Waals surface area contributed by atoms with Crippen LogP contribution >= 0.6 is 0 Å². The Hall–Kier alpha value is -0.220. The number of nitrogens with one attached hydrogen (secondary N) is 1. The van der Waals surface area contributed by atoms with Gasteiger partial charge in [0.2, 0.25) is 0 Å². The molecule has 0 spiro atoms. The van der Waals surface area contributed by atoms with Crippen LogP contribution < -0.4 is 5.32 Å². The Kier molecular flexibility index (Phi) is 3.80. The number of likely N-dealkylation sites (tertiary alicyclic amines) is 1. The Morgan fingerprint density at radius 3 is 2.44 bits per heavy atom. The van der Waals surface area contributed by atoms with E-state index in [4.69, 9.17) is 0 Å². The van der Waals surface area contributed by atoms with Crippen LogP contribution in [0.3, 0.4) is 0 Å². The van der Waals surface area contributed by atoms with E-state index < -0.39 is 17.8 Å². The Labute approximate surface area is 96.4 Å². The van der Waals surface area contributed by atoms with E-state index in [1.165, 1.54) is 0 Å². The van der Waals surface area contributed by atoms with Crippen molar-refractivity contribution in [2.45, 2.75) is 31.6 Å². The maximum Gasteiger partial charge on any atom is 0.254 e. The summed E-state index contributed by atoms with van der Waals surface area (Å²) in [6.07, 6.45) is 2.88. The SMILES string of the molecule is CN1CCCC(C(F)(F)C2CCNCC2)C1. The Balaban J connectivity index is 1.98. The predicted octanol–water partition coefficient (Wildman–Crippen LogP) is 1.96. The van der Waals surface area contributed by atoms with Crippen LogP contribution in [-0.2, 0) is 0 Å². The van der Waals surface area contributed by atoms with Gasteiger partial charge in [-0.1, -0.05) is 0 Å². The zero-order valence-electron chi connectivity index (χ0n) is 10.0. The highest BCUT2D eigenvalue weighted by molar-refractivity contribution is 4.90. The molecule has 1 atom stereocenters. The third kappa shape index (κ3) is 2.54. The quantitative estimate of drug-likeness (QED) is 0.783. The average molecular weight is 232 g/mol. The van der Waals surface area contributed by atoms with Crippen molar-refractivity contribution >= 4 is 0 Å². The number of nitrogens with zero attached hydrogens (tertiary/aromatic N) is 1. The molecule has 0 aromatic rings. The zero-order chi connectivity index (χ0) is 11.6. The van der Waals surface area contributed by atoms with E-state index in [0.717, 1.165) is 26.1 Å². The van der Waals surface area contributed by atoms with Gasteiger partial charge in [0.15, 0.2) is 0 Å². The van der Waals surface area contributed by atoms with Gasteiger partial charge in [-0.15, -0.1) is 0 Å². The molecule has 0 aromatic heterocycles. The lowest BCUT2D eigenvalue weighted by molar-refractivity contribution is -0.131. The van der Waals surface area contributed by atoms with Gasteiger partial charge in [-0.2, -0.15) is 0 Å². The minimum Gasteiger partial charge on any atom is -0.317 e. The minimum absolute atomic E-state index is 0.398. The molecule has 0 radical (unpaired) electrons. The lowest BCUT2D eigenvalue weighted by atomic mass is 9.80. The highest BCUT2D eigenvalue weighted by atomic mass is 19.3. The first-order chi connectivity index (χ1) is 7.60. The molecule has 2 aliphatic heterocycles. The predicted molar refractivity (Wildman–Crippen MR) is 60.8 cm³/mol. The van der Waals surface area contributed by atoms with Crippen molar-refractivity contribution in [2.24, 2.45) is 11.8 Å². The monoisotopic (exact) mass is 232 g/mol. The number of piperidine rings is 2. The fraction of sp³-hybridized carbons (Fsp3) is 1.00. The van der Waals surface area contributed by atoms with Gasteiger partial charge in [-0.3, -0.25) is 0 Å². The van der Waals surface area contributed by atoms with E-state index >= 15 is 0 Å². The molecule has 2 saturated heterocycles. The number of hydrogen-bond donors (Lipinski definition) is 1. The Bertz CT molecular complexity index is 227. The summed E-state index contributed by atoms with van der Waals surface area (Å²) < 4.78 is 28.6. The number of rotatable bonds is 2. The van der Waals surface area contributed by atoms with Crippen molar-refractivity contribution in [3.8, 4) is 0 Å². The fourth-order valence-electron chi connectivity index (χ4n) is 3.02. The topological polar surface area (TPSA) is 15.3 Å². The number of hydrogen-bond acceptors (Lipinski definition) is 2. The van der Waals surface area contributed by atoms with E-state index in [2.05, 4.69) is 5.32 Å². The molecule has 0 bridgehead atoms. The molecule has 16 heavy (non-hydrogen) atoms. The molecule has 94 valence electrons. The summed E-state index contributed by atoms with van der Waals surface area (Å²) in [6.45, 7) is 3.04. The van der Waals surface area contributed by atoms with Gasteiger partial charge in [0.25, 0.3) is 5.92 Å². The Morgan fingerprint density at radius 1 is 1.12 bits per heavy atom. The van der Waals surface area contributed by atoms with Crippen molar-refractivity contribution in [1.82, 2.24) is 10.2 Å². The van der Waals surface area contributed by atoms with Crippen LogP contribution in [0.15, 0.2) is 0 Å². The maximum atomic E-state index is 14.3. The van der Waals surface area contributed by atoms with Gasteiger partial charge in [0.05, 0.1) is 0 Å². The van der Waals surface area contributed by atoms with Crippen LogP contribution in [0.4, 0.5) is 8.78 Å². The van der Waals surface area contributed by atoms with Crippen LogP contribution in [-0.4, -0.2) is 44.0 Å². The Morgan fingerprint density at radius 2 is 1.81 bits per heavy atom. The first-order valence-electron chi connectivity index (χ1n) is 6.38. The van der Waals surface area contributed by atoms with Crippen LogP contribution in [0.5, 0.6) is 0 Å². The van der Waals surface area contributed by atoms with E-state index in [-0.39, 0.29) is 0 Å². The van der Waals surface area contributed by atoms with Crippen LogP contribution in [0.2, 0.25) is 0 Å². The van der Waals surface area contributed by atoms with E-state index in [9.17, 15) is 8.78 Å². The van der Waals surface area contributed by atoms with Crippen LogP contribution in [0.25, 0.3) is 0 Å². The van der Waals surface area contributed by atoms with E-state index in [0.29, 0.717) is 25.8 Å². The molecule has 2 fully saturated rings. The second kappa shape index (κ2) is 4.96. The van der Waals surface area contributed by atoms with Crippen molar-refractivity contribution in [3.05, 3.63) is 0 Å². The van der Waals surface area contributed by atoms with E-state index in [1.54, 1.807) is 0 Å². The molecule has 2 rings (SSSR count). The van der Waals surface area contributed by atoms with Gasteiger partial charge >= 0.3 is 0 Å². The first-order valence-corrected chi connectivity index (χ1v) is 6.38. The smallest absolute Gasteiger partial charge is 0.254 e. The lowest BCUT2D eigenvalue weighted by Crippen LogP contribution is -2.48. The van der Waals surface area contributed by atoms with Gasteiger partial charge in [-0.05, 0) is 52.4 Å². The van der Waals surface area contributed by atoms with Crippen LogP contribution in [0, 0.1) is 11.8 Å². The molecule has 0 aliphatic carbocycles. The molecule has 2 aliphatic rings. The molecule has 2 nitrogen and oxygen atoms in total. The van der Waals surface area contributed by atoms with Gasteiger partial charge in [-0.25, -0.2) is 8.78 Å². The standard InChI is InChI=1S/C12H22F2N2/c1-16-8-2-3-11(9-16)12(13,14)10-4-6-15-7-5-10/h10-11,15H,2-9H2,1H3. The second-order valence-electron chi connectivity index (χ2n) is 5.30. The van der Waals surface area contributed by atoms with Crippen molar-refractivity contribution in [1.29, 1.82) is 0 Å². The molecule has 4 heteroatoms. The normalized spacial score (nSPS) is 30.6. The molecular formula is C12H22F2N2. The summed E-state index contributed by atoms with van der Waals surface area (Å²) in [5.41, 5.74) is 0. The summed E-state index contributed by atoms with van der Waals surface area (Å²) in [4.78, 5) is 2.04. The van der Waals surface area contributed by atoms with Crippen molar-refractivity contribution < 1.29 is 8.78 Å². The van der Waals surface area contributed by atoms with Gasteiger partial charge in [0.1, 0.15) is 0 Å². The second-order valence-corrected chi connectivity index (χ2v) is 5.30. The van der Waals surface area contributed by atoms with Crippen LogP contribution in [0.1, 0.15) is 25.7 Å². The molecule has 0 saturated carbocycles. The number of halogens is 2. The third-order valence-corrected chi connectivity index (χ3v) is 4.05. The number of alkyl halides is 2. The molecule has 1 N–H and O–H groups in total. The maximum absolute atomic E-state index is 14.3. The lowest BCUT2D eigenvalue weighted by Gasteiger charge is -2.40. The summed E-state index contributed by atoms with van der Waals surface area (Å²) >= 11 is 0. The van der Waals surface area contributed by atoms with Crippen molar-refractivity contribution in [3.63, 3.8) is 0 Å². The van der Waals surface area contributed by atoms with E-state index in [1.807, 2.05) is 11.9 Å². The minimum atomic E-state index is -2.46. The summed E-state index contributed by atoms with van der Waals surface area (Å²) in [6, 6.07) is 0. The molecule has 0 aromatic carbocycles. The molecule has 1 unspecified atom stereocenters. The summed E-state index contributed by atoms with van der Waals surface area (Å²) in [5.74, 6) is -3.28. The fourth-order valence-corrected chi connectivity index (χ4v) is 3.02. The average Bonchev–Trinajstić information content (AvgIpc) is 2.30. The van der Waals surface area contributed by atoms with Crippen molar-refractivity contribution in [2.75, 3.05) is 33.2 Å². The van der Waals surface area contributed by atoms with Gasteiger partial charge in [0, 0.05) is 18.4 Å². The third-order valence-electron chi connectivity index (χ3n) is 4.05. The van der Waals surface area contributed by atoms with Gasteiger partial charge < -0.3 is 10.2 Å². The molecule has 0 amide bonds. The highest BCUT2D eigenvalue weighted by Crippen LogP contribution is 2.41. The summed E-state index contributed by atoms with van der Waals surface area (Å²) in [7, 11) is 1.95. The molecular weight excluding hydrogens is 210 g/mol. The zero-order valence-corrected chi connectivity index (χ0v) is 10.0. The summed E-state index contributed by atoms with van der Waals surface area (Å²) in [5, 5.41) is 3.15.